The second-order valence-electron chi connectivity index (χ2n) is 5.38. The molecule has 0 saturated heterocycles. The Morgan fingerprint density at radius 2 is 1.85 bits per heavy atom. The molecule has 26 heavy (non-hydrogen) atoms. The smallest absolute Gasteiger partial charge is 0.260 e. The van der Waals surface area contributed by atoms with Gasteiger partial charge in [-0.05, 0) is 6.92 Å². The summed E-state index contributed by atoms with van der Waals surface area (Å²) in [5.41, 5.74) is -0.488. The monoisotopic (exact) mass is 367 g/mol. The van der Waals surface area contributed by atoms with Gasteiger partial charge >= 0.3 is 0 Å². The number of amides is 1. The number of hydrogen-bond donors (Lipinski definition) is 1. The Kier molecular flexibility index (Phi) is 4.74. The van der Waals surface area contributed by atoms with Gasteiger partial charge in [0.1, 0.15) is 0 Å². The van der Waals surface area contributed by atoms with E-state index in [0.29, 0.717) is 12.1 Å². The number of aromatic nitrogens is 4. The van der Waals surface area contributed by atoms with E-state index in [1.165, 1.54) is 18.5 Å². The van der Waals surface area contributed by atoms with Crippen molar-refractivity contribution in [3.05, 3.63) is 65.1 Å². The second kappa shape index (κ2) is 6.98. The molecule has 0 atom stereocenters. The summed E-state index contributed by atoms with van der Waals surface area (Å²) in [6, 6.07) is 1.52. The largest absolute Gasteiger partial charge is 0.305 e. The molecule has 3 rings (SSSR count). The van der Waals surface area contributed by atoms with Crippen molar-refractivity contribution in [2.45, 2.75) is 20.0 Å². The SMILES string of the molecule is CCn1cc(C(=O)Nc2ccn(Cc3c(F)c(F)cc(F)c3F)n2)cn1. The molecule has 136 valence electrons. The summed E-state index contributed by atoms with van der Waals surface area (Å²) in [5.74, 6) is -6.32. The highest BCUT2D eigenvalue weighted by atomic mass is 19.2. The van der Waals surface area contributed by atoms with Gasteiger partial charge in [-0.2, -0.15) is 10.2 Å². The number of anilines is 1. The van der Waals surface area contributed by atoms with E-state index in [9.17, 15) is 22.4 Å². The van der Waals surface area contributed by atoms with Gasteiger partial charge in [0.25, 0.3) is 5.91 Å². The fraction of sp³-hybridized carbons (Fsp3) is 0.188. The highest BCUT2D eigenvalue weighted by molar-refractivity contribution is 6.03. The summed E-state index contributed by atoms with van der Waals surface area (Å²) >= 11 is 0. The number of hydrogen-bond acceptors (Lipinski definition) is 3. The van der Waals surface area contributed by atoms with Gasteiger partial charge in [0.05, 0.1) is 23.9 Å². The van der Waals surface area contributed by atoms with Crippen molar-refractivity contribution < 1.29 is 22.4 Å². The zero-order valence-electron chi connectivity index (χ0n) is 13.5. The van der Waals surface area contributed by atoms with Gasteiger partial charge < -0.3 is 5.32 Å². The average molecular weight is 367 g/mol. The minimum atomic E-state index is -1.49. The molecule has 0 fully saturated rings. The van der Waals surface area contributed by atoms with Crippen LogP contribution in [0.25, 0.3) is 0 Å². The van der Waals surface area contributed by atoms with E-state index in [1.807, 2.05) is 6.92 Å². The van der Waals surface area contributed by atoms with Gasteiger partial charge in [-0.15, -0.1) is 0 Å². The summed E-state index contributed by atoms with van der Waals surface area (Å²) in [4.78, 5) is 12.1. The maximum Gasteiger partial charge on any atom is 0.260 e. The van der Waals surface area contributed by atoms with E-state index < -0.39 is 41.3 Å². The first-order chi connectivity index (χ1) is 12.4. The Morgan fingerprint density at radius 1 is 1.15 bits per heavy atom. The molecule has 0 bridgehead atoms. The minimum absolute atomic E-state index is 0.108. The predicted molar refractivity (Wildman–Crippen MR) is 83.5 cm³/mol. The van der Waals surface area contributed by atoms with Crippen LogP contribution in [0.1, 0.15) is 22.8 Å². The van der Waals surface area contributed by atoms with E-state index in [-0.39, 0.29) is 11.9 Å². The topological polar surface area (TPSA) is 64.7 Å². The summed E-state index contributed by atoms with van der Waals surface area (Å²) in [6.45, 7) is 1.92. The van der Waals surface area contributed by atoms with E-state index in [1.54, 1.807) is 10.9 Å². The van der Waals surface area contributed by atoms with Gasteiger partial charge in [-0.3, -0.25) is 14.2 Å². The fourth-order valence-electron chi connectivity index (χ4n) is 2.28. The van der Waals surface area contributed by atoms with Crippen molar-refractivity contribution in [2.24, 2.45) is 0 Å². The number of nitrogens with zero attached hydrogens (tertiary/aromatic N) is 4. The van der Waals surface area contributed by atoms with Gasteiger partial charge in [0.2, 0.25) is 0 Å². The van der Waals surface area contributed by atoms with Crippen LogP contribution >= 0.6 is 0 Å². The van der Waals surface area contributed by atoms with E-state index >= 15 is 0 Å². The molecule has 1 aromatic carbocycles. The molecule has 0 aliphatic carbocycles. The molecule has 3 aromatic rings. The molecule has 1 N–H and O–H groups in total. The Bertz CT molecular complexity index is 939. The summed E-state index contributed by atoms with van der Waals surface area (Å²) in [5, 5.41) is 10.4. The molecule has 2 aromatic heterocycles. The van der Waals surface area contributed by atoms with Crippen LogP contribution in [0.3, 0.4) is 0 Å². The summed E-state index contributed by atoms with van der Waals surface area (Å²) < 4.78 is 56.5. The number of halogens is 4. The predicted octanol–water partition coefficient (Wildman–Crippen LogP) is 2.96. The minimum Gasteiger partial charge on any atom is -0.305 e. The third-order valence-electron chi connectivity index (χ3n) is 3.62. The zero-order valence-corrected chi connectivity index (χ0v) is 13.5. The van der Waals surface area contributed by atoms with E-state index in [0.717, 1.165) is 4.68 Å². The number of carbonyl (C=O) groups excluding carboxylic acids is 1. The molecule has 2 heterocycles. The standard InChI is InChI=1S/C16H13F4N5O/c1-2-24-7-9(6-21-24)16(26)22-13-3-4-25(23-13)8-10-14(19)11(17)5-12(18)15(10)20/h3-7H,2,8H2,1H3,(H,22,23,26). The zero-order chi connectivity index (χ0) is 18.8. The lowest BCUT2D eigenvalue weighted by atomic mass is 10.2. The highest BCUT2D eigenvalue weighted by Crippen LogP contribution is 2.20. The normalized spacial score (nSPS) is 11.0. The van der Waals surface area contributed by atoms with Crippen molar-refractivity contribution >= 4 is 11.7 Å². The van der Waals surface area contributed by atoms with Crippen LogP contribution in [0.5, 0.6) is 0 Å². The molecular weight excluding hydrogens is 354 g/mol. The van der Waals surface area contributed by atoms with E-state index in [2.05, 4.69) is 15.5 Å². The second-order valence-corrected chi connectivity index (χ2v) is 5.38. The van der Waals surface area contributed by atoms with Gasteiger partial charge in [-0.1, -0.05) is 0 Å². The molecule has 10 heteroatoms. The first kappa shape index (κ1) is 17.6. The molecule has 6 nitrogen and oxygen atoms in total. The molecule has 1 amide bonds. The van der Waals surface area contributed by atoms with Crippen molar-refractivity contribution in [3.63, 3.8) is 0 Å². The van der Waals surface area contributed by atoms with Crippen LogP contribution in [0.4, 0.5) is 23.4 Å². The first-order valence-corrected chi connectivity index (χ1v) is 7.58. The van der Waals surface area contributed by atoms with Crippen LogP contribution in [0, 0.1) is 23.3 Å². The lowest BCUT2D eigenvalue weighted by molar-refractivity contribution is 0.102. The van der Waals surface area contributed by atoms with Gasteiger partial charge in [-0.25, -0.2) is 17.6 Å². The average Bonchev–Trinajstić information content (AvgIpc) is 3.26. The number of nitrogens with one attached hydrogen (secondary N) is 1. The quantitative estimate of drug-likeness (QED) is 0.557. The molecular formula is C16H13F4N5O. The van der Waals surface area contributed by atoms with Crippen LogP contribution in [0.2, 0.25) is 0 Å². The van der Waals surface area contributed by atoms with Crippen LogP contribution in [-0.2, 0) is 13.1 Å². The van der Waals surface area contributed by atoms with Crippen LogP contribution in [-0.4, -0.2) is 25.5 Å². The van der Waals surface area contributed by atoms with Gasteiger partial charge in [0, 0.05) is 31.1 Å². The molecule has 0 unspecified atom stereocenters. The maximum absolute atomic E-state index is 13.7. The molecule has 0 radical (unpaired) electrons. The third kappa shape index (κ3) is 3.44. The molecule has 0 saturated carbocycles. The van der Waals surface area contributed by atoms with Crippen molar-refractivity contribution in [2.75, 3.05) is 5.32 Å². The van der Waals surface area contributed by atoms with Crippen LogP contribution < -0.4 is 5.32 Å². The number of rotatable bonds is 5. The van der Waals surface area contributed by atoms with Crippen molar-refractivity contribution in [1.29, 1.82) is 0 Å². The molecule has 0 aliphatic rings. The maximum atomic E-state index is 13.7. The third-order valence-corrected chi connectivity index (χ3v) is 3.62. The first-order valence-electron chi connectivity index (χ1n) is 7.58. The Morgan fingerprint density at radius 3 is 2.46 bits per heavy atom. The fourth-order valence-corrected chi connectivity index (χ4v) is 2.28. The number of carbonyl (C=O) groups is 1. The van der Waals surface area contributed by atoms with Crippen molar-refractivity contribution in [1.82, 2.24) is 19.6 Å². The Labute approximate surface area is 145 Å². The van der Waals surface area contributed by atoms with E-state index in [4.69, 9.17) is 0 Å². The number of aryl methyl sites for hydroxylation is 1. The summed E-state index contributed by atoms with van der Waals surface area (Å²) in [7, 11) is 0. The van der Waals surface area contributed by atoms with Crippen molar-refractivity contribution in [3.8, 4) is 0 Å². The Balaban J connectivity index is 1.76. The summed E-state index contributed by atoms with van der Waals surface area (Å²) in [6.07, 6.45) is 4.25. The van der Waals surface area contributed by atoms with Gasteiger partial charge in [0.15, 0.2) is 29.1 Å². The Hall–Kier alpha value is -3.17. The number of benzene rings is 1. The molecule has 0 aliphatic heterocycles. The highest BCUT2D eigenvalue weighted by Gasteiger charge is 2.20. The lowest BCUT2D eigenvalue weighted by Crippen LogP contribution is -2.13. The lowest BCUT2D eigenvalue weighted by Gasteiger charge is -2.07. The van der Waals surface area contributed by atoms with Crippen LogP contribution in [0.15, 0.2) is 30.7 Å². The molecule has 0 spiro atoms.